The Hall–Kier alpha value is -1.85. The molecule has 1 aromatic heterocycles. The molecule has 0 unspecified atom stereocenters. The van der Waals surface area contributed by atoms with Gasteiger partial charge in [-0.25, -0.2) is 4.79 Å². The minimum absolute atomic E-state index is 0.0216. The van der Waals surface area contributed by atoms with Crippen LogP contribution in [0.1, 0.15) is 29.7 Å². The van der Waals surface area contributed by atoms with Gasteiger partial charge < -0.3 is 15.4 Å². The zero-order valence-corrected chi connectivity index (χ0v) is 15.3. The van der Waals surface area contributed by atoms with Crippen LogP contribution >= 0.6 is 11.3 Å². The van der Waals surface area contributed by atoms with Crippen LogP contribution < -0.4 is 10.6 Å². The van der Waals surface area contributed by atoms with E-state index in [2.05, 4.69) is 40.3 Å². The molecule has 0 radical (unpaired) electrons. The van der Waals surface area contributed by atoms with E-state index >= 15 is 0 Å². The summed E-state index contributed by atoms with van der Waals surface area (Å²) in [6.45, 7) is 2.88. The summed E-state index contributed by atoms with van der Waals surface area (Å²) in [5.41, 5.74) is 1.33. The summed E-state index contributed by atoms with van der Waals surface area (Å²) in [4.78, 5) is 13.5. The van der Waals surface area contributed by atoms with Crippen molar-refractivity contribution < 1.29 is 9.53 Å². The van der Waals surface area contributed by atoms with Crippen molar-refractivity contribution in [1.29, 1.82) is 0 Å². The summed E-state index contributed by atoms with van der Waals surface area (Å²) >= 11 is 1.77. The van der Waals surface area contributed by atoms with E-state index in [9.17, 15) is 4.79 Å². The van der Waals surface area contributed by atoms with Gasteiger partial charge in [0, 0.05) is 36.6 Å². The number of urea groups is 1. The SMILES string of the molecule is O=C(NCCCc1ccccc1)NCC1(c2cccs2)CCOCC1. The molecule has 1 aliphatic heterocycles. The molecule has 4 nitrogen and oxygen atoms in total. The monoisotopic (exact) mass is 358 g/mol. The van der Waals surface area contributed by atoms with E-state index < -0.39 is 0 Å². The second-order valence-electron chi connectivity index (χ2n) is 6.57. The average molecular weight is 359 g/mol. The molecule has 1 fully saturated rings. The van der Waals surface area contributed by atoms with E-state index in [0.29, 0.717) is 13.1 Å². The first kappa shape index (κ1) is 18.0. The summed E-state index contributed by atoms with van der Waals surface area (Å²) < 4.78 is 5.53. The number of hydrogen-bond donors (Lipinski definition) is 2. The standard InChI is InChI=1S/C20H26N2O2S/c23-19(21-12-4-8-17-6-2-1-3-7-17)22-16-20(10-13-24-14-11-20)18-9-5-15-25-18/h1-3,5-7,9,15H,4,8,10-14,16H2,(H2,21,22,23). The van der Waals surface area contributed by atoms with Crippen molar-refractivity contribution in [2.24, 2.45) is 0 Å². The molecule has 25 heavy (non-hydrogen) atoms. The second kappa shape index (κ2) is 9.02. The Bertz CT molecular complexity index is 637. The number of aryl methyl sites for hydroxylation is 1. The number of nitrogens with one attached hydrogen (secondary N) is 2. The number of carbonyl (C=O) groups is 1. The van der Waals surface area contributed by atoms with Gasteiger partial charge in [-0.15, -0.1) is 11.3 Å². The van der Waals surface area contributed by atoms with Crippen molar-refractivity contribution in [3.63, 3.8) is 0 Å². The largest absolute Gasteiger partial charge is 0.381 e. The number of thiophene rings is 1. The van der Waals surface area contributed by atoms with Crippen LogP contribution in [0.2, 0.25) is 0 Å². The first-order valence-corrected chi connectivity index (χ1v) is 9.84. The Morgan fingerprint density at radius 3 is 2.60 bits per heavy atom. The highest BCUT2D eigenvalue weighted by molar-refractivity contribution is 7.10. The van der Waals surface area contributed by atoms with Gasteiger partial charge >= 0.3 is 6.03 Å². The summed E-state index contributed by atoms with van der Waals surface area (Å²) in [5.74, 6) is 0. The van der Waals surface area contributed by atoms with Crippen LogP contribution in [0.5, 0.6) is 0 Å². The van der Waals surface area contributed by atoms with Gasteiger partial charge in [0.15, 0.2) is 0 Å². The highest BCUT2D eigenvalue weighted by Gasteiger charge is 2.35. The maximum absolute atomic E-state index is 12.2. The van der Waals surface area contributed by atoms with Crippen molar-refractivity contribution in [3.8, 4) is 0 Å². The number of amides is 2. The number of hydrogen-bond acceptors (Lipinski definition) is 3. The van der Waals surface area contributed by atoms with E-state index in [1.807, 2.05) is 18.2 Å². The first-order chi connectivity index (χ1) is 12.3. The molecular weight excluding hydrogens is 332 g/mol. The van der Waals surface area contributed by atoms with E-state index in [1.54, 1.807) is 11.3 Å². The Morgan fingerprint density at radius 2 is 1.88 bits per heavy atom. The maximum Gasteiger partial charge on any atom is 0.314 e. The van der Waals surface area contributed by atoms with Crippen LogP contribution in [0.3, 0.4) is 0 Å². The van der Waals surface area contributed by atoms with Crippen molar-refractivity contribution in [2.45, 2.75) is 31.1 Å². The van der Waals surface area contributed by atoms with Crippen LogP contribution in [0, 0.1) is 0 Å². The van der Waals surface area contributed by atoms with Crippen molar-refractivity contribution in [3.05, 3.63) is 58.3 Å². The average Bonchev–Trinajstić information content (AvgIpc) is 3.21. The molecule has 0 spiro atoms. The zero-order chi connectivity index (χ0) is 17.4. The Labute approximate surface area is 153 Å². The van der Waals surface area contributed by atoms with E-state index in [-0.39, 0.29) is 11.4 Å². The minimum atomic E-state index is -0.0736. The number of carbonyl (C=O) groups excluding carboxylic acids is 1. The van der Waals surface area contributed by atoms with Gasteiger partial charge in [0.1, 0.15) is 0 Å². The lowest BCUT2D eigenvalue weighted by Gasteiger charge is -2.36. The third-order valence-electron chi connectivity index (χ3n) is 4.85. The first-order valence-electron chi connectivity index (χ1n) is 8.96. The molecule has 2 heterocycles. The van der Waals surface area contributed by atoms with Crippen LogP contribution in [-0.4, -0.2) is 32.3 Å². The fraction of sp³-hybridized carbons (Fsp3) is 0.450. The lowest BCUT2D eigenvalue weighted by molar-refractivity contribution is 0.0519. The number of benzene rings is 1. The fourth-order valence-corrected chi connectivity index (χ4v) is 4.29. The summed E-state index contributed by atoms with van der Waals surface area (Å²) in [5, 5.41) is 8.17. The molecular formula is C20H26N2O2S. The number of ether oxygens (including phenoxy) is 1. The molecule has 0 atom stereocenters. The van der Waals surface area contributed by atoms with E-state index in [0.717, 1.165) is 38.9 Å². The molecule has 2 amide bonds. The summed E-state index contributed by atoms with van der Waals surface area (Å²) in [7, 11) is 0. The minimum Gasteiger partial charge on any atom is -0.381 e. The quantitative estimate of drug-likeness (QED) is 0.741. The molecule has 3 rings (SSSR count). The second-order valence-corrected chi connectivity index (χ2v) is 7.52. The topological polar surface area (TPSA) is 50.4 Å². The van der Waals surface area contributed by atoms with Crippen LogP contribution in [0.25, 0.3) is 0 Å². The van der Waals surface area contributed by atoms with Gasteiger partial charge in [0.25, 0.3) is 0 Å². The molecule has 2 aromatic rings. The molecule has 1 saturated heterocycles. The molecule has 0 bridgehead atoms. The van der Waals surface area contributed by atoms with E-state index in [1.165, 1.54) is 10.4 Å². The highest BCUT2D eigenvalue weighted by Crippen LogP contribution is 2.36. The molecule has 1 aliphatic rings. The van der Waals surface area contributed by atoms with Gasteiger partial charge in [-0.1, -0.05) is 36.4 Å². The van der Waals surface area contributed by atoms with Crippen LogP contribution in [0.15, 0.2) is 47.8 Å². The molecule has 0 saturated carbocycles. The molecule has 134 valence electrons. The van der Waals surface area contributed by atoms with Gasteiger partial charge in [-0.3, -0.25) is 0 Å². The Morgan fingerprint density at radius 1 is 1.08 bits per heavy atom. The molecule has 5 heteroatoms. The Balaban J connectivity index is 1.42. The predicted molar refractivity (Wildman–Crippen MR) is 102 cm³/mol. The summed E-state index contributed by atoms with van der Waals surface area (Å²) in [6.07, 6.45) is 3.85. The van der Waals surface area contributed by atoms with Gasteiger partial charge in [-0.05, 0) is 42.7 Å². The predicted octanol–water partition coefficient (Wildman–Crippen LogP) is 3.73. The summed E-state index contributed by atoms with van der Waals surface area (Å²) in [6, 6.07) is 14.5. The van der Waals surface area contributed by atoms with Crippen LogP contribution in [-0.2, 0) is 16.6 Å². The van der Waals surface area contributed by atoms with Crippen molar-refractivity contribution in [2.75, 3.05) is 26.3 Å². The third-order valence-corrected chi connectivity index (χ3v) is 5.97. The van der Waals surface area contributed by atoms with Crippen molar-refractivity contribution in [1.82, 2.24) is 10.6 Å². The lowest BCUT2D eigenvalue weighted by atomic mass is 9.78. The lowest BCUT2D eigenvalue weighted by Crippen LogP contribution is -2.47. The molecule has 1 aromatic carbocycles. The van der Waals surface area contributed by atoms with Gasteiger partial charge in [0.2, 0.25) is 0 Å². The third kappa shape index (κ3) is 5.06. The highest BCUT2D eigenvalue weighted by atomic mass is 32.1. The maximum atomic E-state index is 12.2. The smallest absolute Gasteiger partial charge is 0.314 e. The van der Waals surface area contributed by atoms with Crippen molar-refractivity contribution >= 4 is 17.4 Å². The molecule has 0 aliphatic carbocycles. The normalized spacial score (nSPS) is 16.3. The molecule has 2 N–H and O–H groups in total. The number of rotatable bonds is 7. The fourth-order valence-electron chi connectivity index (χ4n) is 3.30. The van der Waals surface area contributed by atoms with E-state index in [4.69, 9.17) is 4.74 Å². The zero-order valence-electron chi connectivity index (χ0n) is 14.5. The van der Waals surface area contributed by atoms with Gasteiger partial charge in [-0.2, -0.15) is 0 Å². The Kier molecular flexibility index (Phi) is 6.48. The van der Waals surface area contributed by atoms with Gasteiger partial charge in [0.05, 0.1) is 0 Å². The van der Waals surface area contributed by atoms with Crippen LogP contribution in [0.4, 0.5) is 4.79 Å².